The predicted molar refractivity (Wildman–Crippen MR) is 91.7 cm³/mol. The summed E-state index contributed by atoms with van der Waals surface area (Å²) in [4.78, 5) is 16.5. The van der Waals surface area contributed by atoms with Gasteiger partial charge in [-0.05, 0) is 18.9 Å². The van der Waals surface area contributed by atoms with E-state index in [0.29, 0.717) is 19.0 Å². The van der Waals surface area contributed by atoms with Gasteiger partial charge in [0, 0.05) is 12.1 Å². The van der Waals surface area contributed by atoms with E-state index in [1.165, 1.54) is 6.26 Å². The van der Waals surface area contributed by atoms with Crippen LogP contribution >= 0.6 is 0 Å². The molecule has 6 heteroatoms. The Kier molecular flexibility index (Phi) is 6.37. The lowest BCUT2D eigenvalue weighted by Crippen LogP contribution is -2.24. The van der Waals surface area contributed by atoms with Crippen molar-refractivity contribution in [1.29, 1.82) is 0 Å². The van der Waals surface area contributed by atoms with Gasteiger partial charge in [-0.2, -0.15) is 0 Å². The molecule has 3 N–H and O–H groups in total. The van der Waals surface area contributed by atoms with Crippen LogP contribution in [0.25, 0.3) is 0 Å². The highest BCUT2D eigenvalue weighted by atomic mass is 16.5. The van der Waals surface area contributed by atoms with Crippen molar-refractivity contribution in [2.45, 2.75) is 39.8 Å². The van der Waals surface area contributed by atoms with Crippen LogP contribution in [0.2, 0.25) is 0 Å². The molecule has 0 saturated carbocycles. The second-order valence-electron chi connectivity index (χ2n) is 5.71. The number of nitrogens with two attached hydrogens (primary N) is 1. The van der Waals surface area contributed by atoms with Gasteiger partial charge < -0.3 is 20.2 Å². The molecule has 0 aliphatic heterocycles. The Bertz CT molecular complexity index is 669. The van der Waals surface area contributed by atoms with Crippen LogP contribution in [0.4, 0.5) is 0 Å². The van der Waals surface area contributed by atoms with Crippen LogP contribution in [0.1, 0.15) is 55.2 Å². The number of carbonyl (C=O) groups excluding carboxylic acids is 1. The van der Waals surface area contributed by atoms with E-state index in [0.717, 1.165) is 17.7 Å². The van der Waals surface area contributed by atoms with Gasteiger partial charge in [0.25, 0.3) is 5.91 Å². The minimum absolute atomic E-state index is 0.234. The number of amides is 1. The third-order valence-corrected chi connectivity index (χ3v) is 4.01. The third-order valence-electron chi connectivity index (χ3n) is 4.01. The van der Waals surface area contributed by atoms with E-state index >= 15 is 0 Å². The van der Waals surface area contributed by atoms with Crippen molar-refractivity contribution in [3.63, 3.8) is 0 Å². The molecule has 2 aromatic rings. The van der Waals surface area contributed by atoms with Crippen LogP contribution in [0.3, 0.4) is 0 Å². The smallest absolute Gasteiger partial charge is 0.273 e. The number of oxazole rings is 1. The van der Waals surface area contributed by atoms with Crippen LogP contribution in [0.15, 0.2) is 34.9 Å². The fourth-order valence-corrected chi connectivity index (χ4v) is 2.25. The molecule has 2 atom stereocenters. The number of benzene rings is 1. The molecule has 0 radical (unpaired) electrons. The van der Waals surface area contributed by atoms with E-state index in [1.54, 1.807) is 0 Å². The highest BCUT2D eigenvalue weighted by Gasteiger charge is 2.21. The monoisotopic (exact) mass is 331 g/mol. The number of carbonyl (C=O) groups is 1. The normalized spacial score (nSPS) is 13.3. The predicted octanol–water partition coefficient (Wildman–Crippen LogP) is 3.05. The van der Waals surface area contributed by atoms with Gasteiger partial charge in [0.05, 0.1) is 12.6 Å². The molecule has 0 aliphatic rings. The number of rotatable bonds is 8. The second-order valence-corrected chi connectivity index (χ2v) is 5.71. The van der Waals surface area contributed by atoms with E-state index in [-0.39, 0.29) is 23.6 Å². The van der Waals surface area contributed by atoms with Crippen LogP contribution in [-0.4, -0.2) is 17.5 Å². The summed E-state index contributed by atoms with van der Waals surface area (Å²) >= 11 is 0. The summed E-state index contributed by atoms with van der Waals surface area (Å²) in [5.74, 6) is 1.09. The molecule has 0 spiro atoms. The van der Waals surface area contributed by atoms with E-state index in [9.17, 15) is 4.79 Å². The first kappa shape index (κ1) is 18.0. The van der Waals surface area contributed by atoms with Crippen molar-refractivity contribution in [3.05, 3.63) is 47.7 Å². The summed E-state index contributed by atoms with van der Waals surface area (Å²) in [6.07, 6.45) is 2.26. The summed E-state index contributed by atoms with van der Waals surface area (Å²) < 4.78 is 10.9. The minimum atomic E-state index is -0.310. The zero-order chi connectivity index (χ0) is 17.5. The molecule has 130 valence electrons. The molecule has 2 rings (SSSR count). The van der Waals surface area contributed by atoms with Crippen LogP contribution in [0.5, 0.6) is 5.75 Å². The van der Waals surface area contributed by atoms with Crippen LogP contribution < -0.4 is 15.8 Å². The molecule has 1 heterocycles. The third kappa shape index (κ3) is 4.35. The van der Waals surface area contributed by atoms with E-state index in [2.05, 4.69) is 17.2 Å². The van der Waals surface area contributed by atoms with Crippen LogP contribution in [0, 0.1) is 5.92 Å². The van der Waals surface area contributed by atoms with Crippen molar-refractivity contribution < 1.29 is 13.9 Å². The molecular formula is C18H25N3O3. The topological polar surface area (TPSA) is 90.4 Å². The fourth-order valence-electron chi connectivity index (χ4n) is 2.25. The molecule has 0 bridgehead atoms. The van der Waals surface area contributed by atoms with Crippen molar-refractivity contribution >= 4 is 5.91 Å². The molecular weight excluding hydrogens is 306 g/mol. The van der Waals surface area contributed by atoms with Gasteiger partial charge in [-0.1, -0.05) is 38.5 Å². The average molecular weight is 331 g/mol. The summed E-state index contributed by atoms with van der Waals surface area (Å²) in [5.41, 5.74) is 7.22. The standard InChI is InChI=1S/C18H25N3O3/c1-4-12(3)16(19)18-21-14(11-24-18)17(22)20-10-13-8-6-7-9-15(13)23-5-2/h6-9,11-12,16H,4-5,10,19H2,1-3H3,(H,20,22). The Hall–Kier alpha value is -2.34. The van der Waals surface area contributed by atoms with Gasteiger partial charge in [0.1, 0.15) is 12.0 Å². The zero-order valence-corrected chi connectivity index (χ0v) is 14.4. The Morgan fingerprint density at radius 1 is 1.38 bits per heavy atom. The lowest BCUT2D eigenvalue weighted by Gasteiger charge is -2.13. The Morgan fingerprint density at radius 2 is 2.12 bits per heavy atom. The highest BCUT2D eigenvalue weighted by Crippen LogP contribution is 2.21. The molecule has 2 unspecified atom stereocenters. The number of ether oxygens (including phenoxy) is 1. The molecule has 0 saturated heterocycles. The van der Waals surface area contributed by atoms with Gasteiger partial charge in [0.15, 0.2) is 5.69 Å². The van der Waals surface area contributed by atoms with Gasteiger partial charge >= 0.3 is 0 Å². The van der Waals surface area contributed by atoms with Crippen molar-refractivity contribution in [2.24, 2.45) is 11.7 Å². The van der Waals surface area contributed by atoms with Gasteiger partial charge in [-0.15, -0.1) is 0 Å². The summed E-state index contributed by atoms with van der Waals surface area (Å²) in [7, 11) is 0. The number of hydrogen-bond acceptors (Lipinski definition) is 5. The van der Waals surface area contributed by atoms with Gasteiger partial charge in [0.2, 0.25) is 5.89 Å². The fraction of sp³-hybridized carbons (Fsp3) is 0.444. The number of nitrogens with zero attached hydrogens (tertiary/aromatic N) is 1. The number of nitrogens with one attached hydrogen (secondary N) is 1. The Labute approximate surface area is 142 Å². The van der Waals surface area contributed by atoms with Gasteiger partial charge in [-0.3, -0.25) is 4.79 Å². The number of para-hydroxylation sites is 1. The molecule has 1 aromatic heterocycles. The maximum Gasteiger partial charge on any atom is 0.273 e. The van der Waals surface area contributed by atoms with E-state index < -0.39 is 0 Å². The first-order chi connectivity index (χ1) is 11.6. The first-order valence-electron chi connectivity index (χ1n) is 8.26. The van der Waals surface area contributed by atoms with Crippen LogP contribution in [-0.2, 0) is 6.54 Å². The molecule has 1 amide bonds. The molecule has 1 aromatic carbocycles. The molecule has 0 fully saturated rings. The maximum absolute atomic E-state index is 12.2. The van der Waals surface area contributed by atoms with E-state index in [4.69, 9.17) is 14.9 Å². The number of hydrogen-bond donors (Lipinski definition) is 2. The highest BCUT2D eigenvalue weighted by molar-refractivity contribution is 5.91. The van der Waals surface area contributed by atoms with Crippen molar-refractivity contribution in [1.82, 2.24) is 10.3 Å². The lowest BCUT2D eigenvalue weighted by molar-refractivity contribution is 0.0945. The Morgan fingerprint density at radius 3 is 2.83 bits per heavy atom. The summed E-state index contributed by atoms with van der Waals surface area (Å²) in [5, 5.41) is 2.83. The number of aromatic nitrogens is 1. The quantitative estimate of drug-likeness (QED) is 0.776. The zero-order valence-electron chi connectivity index (χ0n) is 14.4. The first-order valence-corrected chi connectivity index (χ1v) is 8.26. The minimum Gasteiger partial charge on any atom is -0.494 e. The van der Waals surface area contributed by atoms with E-state index in [1.807, 2.05) is 38.1 Å². The van der Waals surface area contributed by atoms with Gasteiger partial charge in [-0.25, -0.2) is 4.98 Å². The molecule has 6 nitrogen and oxygen atoms in total. The van der Waals surface area contributed by atoms with Crippen molar-refractivity contribution in [2.75, 3.05) is 6.61 Å². The van der Waals surface area contributed by atoms with Crippen molar-refractivity contribution in [3.8, 4) is 5.75 Å². The second kappa shape index (κ2) is 8.49. The summed E-state index contributed by atoms with van der Waals surface area (Å²) in [6, 6.07) is 7.29. The maximum atomic E-state index is 12.2. The summed E-state index contributed by atoms with van der Waals surface area (Å²) in [6.45, 7) is 6.93. The SMILES string of the molecule is CCOc1ccccc1CNC(=O)c1coc(C(N)C(C)CC)n1. The average Bonchev–Trinajstić information content (AvgIpc) is 3.09. The largest absolute Gasteiger partial charge is 0.494 e. The Balaban J connectivity index is 2.00. The lowest BCUT2D eigenvalue weighted by atomic mass is 10.0. The molecule has 24 heavy (non-hydrogen) atoms. The molecule has 0 aliphatic carbocycles.